The van der Waals surface area contributed by atoms with Crippen molar-refractivity contribution in [2.75, 3.05) is 11.1 Å². The monoisotopic (exact) mass is 620 g/mol. The molecule has 0 bridgehead atoms. The van der Waals surface area contributed by atoms with E-state index in [1.807, 2.05) is 130 Å². The van der Waals surface area contributed by atoms with E-state index in [2.05, 4.69) is 15.3 Å². The van der Waals surface area contributed by atoms with Crippen molar-refractivity contribution in [3.8, 4) is 22.6 Å². The predicted molar refractivity (Wildman–Crippen MR) is 188 cm³/mol. The maximum atomic E-state index is 12.1. The van der Waals surface area contributed by atoms with Crippen LogP contribution in [0, 0.1) is 0 Å². The number of rotatable bonds is 3. The van der Waals surface area contributed by atoms with Crippen molar-refractivity contribution in [1.82, 2.24) is 9.97 Å². The highest BCUT2D eigenvalue weighted by Gasteiger charge is 2.17. The second-order valence-corrected chi connectivity index (χ2v) is 12.2. The second kappa shape index (κ2) is 12.0. The smallest absolute Gasteiger partial charge is 0.412 e. The van der Waals surface area contributed by atoms with Gasteiger partial charge in [0.15, 0.2) is 0 Å². The van der Waals surface area contributed by atoms with Gasteiger partial charge in [-0.3, -0.25) is 15.3 Å². The maximum absolute atomic E-state index is 12.1. The summed E-state index contributed by atoms with van der Waals surface area (Å²) in [4.78, 5) is 20.7. The van der Waals surface area contributed by atoms with Crippen LogP contribution in [0.4, 0.5) is 16.2 Å². The van der Waals surface area contributed by atoms with Crippen LogP contribution in [0.2, 0.25) is 0 Å². The predicted octanol–water partition coefficient (Wildman–Crippen LogP) is 10.2. The van der Waals surface area contributed by atoms with Gasteiger partial charge in [-0.05, 0) is 80.1 Å². The minimum absolute atomic E-state index is 0.485. The van der Waals surface area contributed by atoms with Gasteiger partial charge >= 0.3 is 6.09 Å². The zero-order valence-corrected chi connectivity index (χ0v) is 26.2. The number of hydrogen-bond donors (Lipinski definition) is 2. The third kappa shape index (κ3) is 6.35. The molecule has 4 aromatic heterocycles. The minimum atomic E-state index is -0.551. The highest BCUT2D eigenvalue weighted by Crippen LogP contribution is 2.35. The minimum Gasteiger partial charge on any atom is -0.456 e. The van der Waals surface area contributed by atoms with E-state index in [0.29, 0.717) is 5.69 Å². The number of nitrogen functional groups attached to an aromatic ring is 1. The van der Waals surface area contributed by atoms with E-state index in [9.17, 15) is 4.79 Å². The first-order valence-corrected chi connectivity index (χ1v) is 15.2. The van der Waals surface area contributed by atoms with Gasteiger partial charge in [-0.15, -0.1) is 0 Å². The van der Waals surface area contributed by atoms with Gasteiger partial charge in [-0.1, -0.05) is 48.5 Å². The number of anilines is 2. The fraction of sp³-hybridized carbons (Fsp3) is 0.103. The van der Waals surface area contributed by atoms with Crippen molar-refractivity contribution in [1.29, 1.82) is 0 Å². The molecular weight excluding hydrogens is 588 g/mol. The van der Waals surface area contributed by atoms with Crippen LogP contribution in [0.5, 0.6) is 0 Å². The molecule has 1 amide bonds. The fourth-order valence-corrected chi connectivity index (χ4v) is 5.47. The lowest BCUT2D eigenvalue weighted by atomic mass is 10.0. The van der Waals surface area contributed by atoms with Crippen LogP contribution in [0.3, 0.4) is 0 Å². The van der Waals surface area contributed by atoms with Crippen molar-refractivity contribution in [3.05, 3.63) is 122 Å². The summed E-state index contributed by atoms with van der Waals surface area (Å²) >= 11 is 0. The highest BCUT2D eigenvalue weighted by atomic mass is 16.6. The first kappa shape index (κ1) is 29.6. The molecular formula is C39H32N4O4. The summed E-state index contributed by atoms with van der Waals surface area (Å²) in [5, 5.41) is 8.92. The molecule has 232 valence electrons. The summed E-state index contributed by atoms with van der Waals surface area (Å²) < 4.78 is 17.2. The number of fused-ring (bicyclic) bond motifs is 4. The Labute approximate surface area is 270 Å². The molecule has 8 aromatic rings. The average Bonchev–Trinajstić information content (AvgIpc) is 3.68. The number of nitrogens with one attached hydrogen (secondary N) is 1. The summed E-state index contributed by atoms with van der Waals surface area (Å²) in [7, 11) is 0. The van der Waals surface area contributed by atoms with Crippen LogP contribution in [0.15, 0.2) is 131 Å². The first-order valence-electron chi connectivity index (χ1n) is 15.2. The number of furan rings is 2. The number of nitrogens with zero attached hydrogens (tertiary/aromatic N) is 2. The molecule has 4 aromatic carbocycles. The van der Waals surface area contributed by atoms with Crippen molar-refractivity contribution < 1.29 is 18.4 Å². The number of carbonyl (C=O) groups excluding carboxylic acids is 1. The number of ether oxygens (including phenoxy) is 1. The standard InChI is InChI=1S/C22H20N2O3.C17H12N2O/c1-22(2,3)27-21(25)24-16-9-8-15-12-23-13-18(17(15)11-16)20-10-14-6-4-5-7-19(14)26-20;18-13-6-5-12-9-19-10-15(14(12)8-13)17-7-11-3-1-2-4-16(11)20-17/h4-13H,1-3H3,(H,24,25);1-10H,18H2. The summed E-state index contributed by atoms with van der Waals surface area (Å²) in [6.45, 7) is 5.49. The molecule has 0 aliphatic carbocycles. The third-order valence-corrected chi connectivity index (χ3v) is 7.57. The lowest BCUT2D eigenvalue weighted by Crippen LogP contribution is -2.27. The topological polar surface area (TPSA) is 116 Å². The number of para-hydroxylation sites is 2. The van der Waals surface area contributed by atoms with Gasteiger partial charge in [0.1, 0.15) is 28.3 Å². The van der Waals surface area contributed by atoms with Crippen LogP contribution < -0.4 is 11.1 Å². The number of hydrogen-bond acceptors (Lipinski definition) is 7. The van der Waals surface area contributed by atoms with Crippen LogP contribution >= 0.6 is 0 Å². The molecule has 0 aliphatic rings. The Morgan fingerprint density at radius 2 is 1.19 bits per heavy atom. The lowest BCUT2D eigenvalue weighted by molar-refractivity contribution is 0.0636. The van der Waals surface area contributed by atoms with Gasteiger partial charge in [0.05, 0.1) is 0 Å². The summed E-state index contributed by atoms with van der Waals surface area (Å²) in [5.41, 5.74) is 10.3. The maximum Gasteiger partial charge on any atom is 0.412 e. The molecule has 0 fully saturated rings. The summed E-state index contributed by atoms with van der Waals surface area (Å²) in [6, 6.07) is 31.3. The SMILES string of the molecule is CC(C)(C)OC(=O)Nc1ccc2cncc(-c3cc4ccccc4o3)c2c1.Nc1ccc2cncc(-c3cc4ccccc4o3)c2c1. The Kier molecular flexibility index (Phi) is 7.53. The molecule has 3 N–H and O–H groups in total. The number of amides is 1. The summed E-state index contributed by atoms with van der Waals surface area (Å²) in [6.07, 6.45) is 6.73. The molecule has 0 atom stereocenters. The van der Waals surface area contributed by atoms with Crippen LogP contribution in [-0.2, 0) is 4.74 Å². The van der Waals surface area contributed by atoms with E-state index >= 15 is 0 Å². The zero-order chi connectivity index (χ0) is 32.5. The molecule has 0 aliphatic heterocycles. The number of aromatic nitrogens is 2. The molecule has 8 nitrogen and oxygen atoms in total. The lowest BCUT2D eigenvalue weighted by Gasteiger charge is -2.19. The molecule has 4 heterocycles. The van der Waals surface area contributed by atoms with E-state index in [4.69, 9.17) is 19.3 Å². The van der Waals surface area contributed by atoms with Crippen molar-refractivity contribution >= 4 is 61.0 Å². The average molecular weight is 621 g/mol. The van der Waals surface area contributed by atoms with Crippen LogP contribution in [-0.4, -0.2) is 21.7 Å². The zero-order valence-electron chi connectivity index (χ0n) is 26.2. The van der Waals surface area contributed by atoms with Crippen LogP contribution in [0.25, 0.3) is 66.1 Å². The summed E-state index contributed by atoms with van der Waals surface area (Å²) in [5.74, 6) is 1.55. The third-order valence-electron chi connectivity index (χ3n) is 7.57. The molecule has 8 heteroatoms. The molecule has 47 heavy (non-hydrogen) atoms. The van der Waals surface area contributed by atoms with E-state index in [-0.39, 0.29) is 0 Å². The van der Waals surface area contributed by atoms with Crippen molar-refractivity contribution in [2.24, 2.45) is 0 Å². The first-order chi connectivity index (χ1) is 22.7. The van der Waals surface area contributed by atoms with Gasteiger partial charge in [-0.2, -0.15) is 0 Å². The molecule has 0 unspecified atom stereocenters. The highest BCUT2D eigenvalue weighted by molar-refractivity contribution is 6.00. The number of pyridine rings is 2. The van der Waals surface area contributed by atoms with Crippen molar-refractivity contribution in [3.63, 3.8) is 0 Å². The molecule has 0 saturated heterocycles. The largest absolute Gasteiger partial charge is 0.456 e. The van der Waals surface area contributed by atoms with E-state index < -0.39 is 11.7 Å². The molecule has 0 spiro atoms. The molecule has 0 saturated carbocycles. The Bertz CT molecular complexity index is 2330. The van der Waals surface area contributed by atoms with Crippen LogP contribution in [0.1, 0.15) is 20.8 Å². The van der Waals surface area contributed by atoms with Gasteiger partial charge in [0.2, 0.25) is 0 Å². The van der Waals surface area contributed by atoms with Gasteiger partial charge < -0.3 is 19.3 Å². The Morgan fingerprint density at radius 3 is 1.74 bits per heavy atom. The number of benzene rings is 4. The Hall–Kier alpha value is -6.15. The van der Waals surface area contributed by atoms with Crippen molar-refractivity contribution in [2.45, 2.75) is 26.4 Å². The van der Waals surface area contributed by atoms with E-state index in [1.54, 1.807) is 12.4 Å². The van der Waals surface area contributed by atoms with Gasteiger partial charge in [0, 0.05) is 68.8 Å². The molecule has 8 rings (SSSR count). The normalized spacial score (nSPS) is 11.5. The molecule has 0 radical (unpaired) electrons. The van der Waals surface area contributed by atoms with Gasteiger partial charge in [0.25, 0.3) is 0 Å². The quantitative estimate of drug-likeness (QED) is 0.189. The van der Waals surface area contributed by atoms with Gasteiger partial charge in [-0.25, -0.2) is 4.79 Å². The van der Waals surface area contributed by atoms with E-state index in [1.165, 1.54) is 0 Å². The Morgan fingerprint density at radius 1 is 0.660 bits per heavy atom. The fourth-order valence-electron chi connectivity index (χ4n) is 5.47. The van der Waals surface area contributed by atoms with E-state index in [0.717, 1.165) is 71.8 Å². The number of nitrogens with two attached hydrogens (primary N) is 1. The number of carbonyl (C=O) groups is 1. The second-order valence-electron chi connectivity index (χ2n) is 12.2. The Balaban J connectivity index is 0.000000156.